The van der Waals surface area contributed by atoms with Gasteiger partial charge in [-0.2, -0.15) is 5.26 Å². The van der Waals surface area contributed by atoms with Gasteiger partial charge in [0, 0.05) is 11.4 Å². The summed E-state index contributed by atoms with van der Waals surface area (Å²) in [6.07, 6.45) is 0. The molecule has 0 aliphatic rings. The van der Waals surface area contributed by atoms with Crippen molar-refractivity contribution in [3.8, 4) is 6.07 Å². The van der Waals surface area contributed by atoms with Crippen molar-refractivity contribution in [1.82, 2.24) is 0 Å². The highest BCUT2D eigenvalue weighted by Crippen LogP contribution is 2.23. The topological polar surface area (TPSA) is 52.9 Å². The van der Waals surface area contributed by atoms with Gasteiger partial charge in [-0.25, -0.2) is 0 Å². The number of nitrogens with zero attached hydrogens (tertiary/aromatic N) is 1. The van der Waals surface area contributed by atoms with Crippen molar-refractivity contribution in [3.05, 3.63) is 64.2 Å². The Kier molecular flexibility index (Phi) is 6.09. The molecular formula is C18H17ClN2OS. The lowest BCUT2D eigenvalue weighted by Gasteiger charge is -2.13. The fourth-order valence-corrected chi connectivity index (χ4v) is 3.18. The quantitative estimate of drug-likeness (QED) is 0.849. The van der Waals surface area contributed by atoms with Crippen molar-refractivity contribution in [3.63, 3.8) is 0 Å². The second kappa shape index (κ2) is 8.05. The van der Waals surface area contributed by atoms with Crippen LogP contribution in [0.4, 0.5) is 5.69 Å². The summed E-state index contributed by atoms with van der Waals surface area (Å²) >= 11 is 7.56. The molecule has 0 aliphatic heterocycles. The third-order valence-electron chi connectivity index (χ3n) is 3.48. The van der Waals surface area contributed by atoms with Crippen molar-refractivity contribution in [2.45, 2.75) is 24.9 Å². The zero-order chi connectivity index (χ0) is 16.8. The number of halogens is 1. The van der Waals surface area contributed by atoms with E-state index in [1.165, 1.54) is 11.1 Å². The Morgan fingerprint density at radius 1 is 1.35 bits per heavy atom. The number of nitrogens with one attached hydrogen (secondary N) is 1. The molecule has 0 bridgehead atoms. The van der Waals surface area contributed by atoms with Crippen molar-refractivity contribution in [2.75, 3.05) is 5.32 Å². The van der Waals surface area contributed by atoms with E-state index in [0.29, 0.717) is 16.3 Å². The first-order chi connectivity index (χ1) is 11.0. The molecule has 0 unspecified atom stereocenters. The average molecular weight is 345 g/mol. The molecule has 2 aromatic carbocycles. The van der Waals surface area contributed by atoms with Gasteiger partial charge in [-0.15, -0.1) is 11.8 Å². The SMILES string of the molecule is Cc1ccccc1CS[C@@H](C)C(=O)Nc1ccc(C#N)c(Cl)c1. The molecule has 0 heterocycles. The highest BCUT2D eigenvalue weighted by Gasteiger charge is 2.14. The Morgan fingerprint density at radius 3 is 2.74 bits per heavy atom. The molecule has 0 radical (unpaired) electrons. The molecule has 23 heavy (non-hydrogen) atoms. The summed E-state index contributed by atoms with van der Waals surface area (Å²) in [6, 6.07) is 15.0. The predicted molar refractivity (Wildman–Crippen MR) is 96.7 cm³/mol. The molecule has 3 nitrogen and oxygen atoms in total. The van der Waals surface area contributed by atoms with E-state index in [1.807, 2.05) is 25.1 Å². The second-order valence-corrected chi connectivity index (χ2v) is 6.91. The number of hydrogen-bond donors (Lipinski definition) is 1. The van der Waals surface area contributed by atoms with E-state index >= 15 is 0 Å². The van der Waals surface area contributed by atoms with Gasteiger partial charge in [0.1, 0.15) is 6.07 Å². The number of carbonyl (C=O) groups excluding carboxylic acids is 1. The van der Waals surface area contributed by atoms with Crippen LogP contribution in [0.2, 0.25) is 5.02 Å². The largest absolute Gasteiger partial charge is 0.325 e. The van der Waals surface area contributed by atoms with Gasteiger partial charge in [-0.3, -0.25) is 4.79 Å². The number of aryl methyl sites for hydroxylation is 1. The second-order valence-electron chi connectivity index (χ2n) is 5.18. The minimum absolute atomic E-state index is 0.0793. The van der Waals surface area contributed by atoms with Crippen LogP contribution in [0.1, 0.15) is 23.6 Å². The number of nitriles is 1. The molecular weight excluding hydrogens is 328 g/mol. The number of rotatable bonds is 5. The molecule has 1 amide bonds. The molecule has 0 saturated heterocycles. The maximum absolute atomic E-state index is 12.2. The predicted octanol–water partition coefficient (Wildman–Crippen LogP) is 4.78. The highest BCUT2D eigenvalue weighted by atomic mass is 35.5. The van der Waals surface area contributed by atoms with E-state index in [9.17, 15) is 4.79 Å². The maximum Gasteiger partial charge on any atom is 0.237 e. The van der Waals surface area contributed by atoms with Gasteiger partial charge < -0.3 is 5.32 Å². The van der Waals surface area contributed by atoms with E-state index < -0.39 is 0 Å². The van der Waals surface area contributed by atoms with E-state index in [2.05, 4.69) is 24.4 Å². The maximum atomic E-state index is 12.2. The fraction of sp³-hybridized carbons (Fsp3) is 0.222. The lowest BCUT2D eigenvalue weighted by atomic mass is 10.1. The fourth-order valence-electron chi connectivity index (χ4n) is 1.99. The van der Waals surface area contributed by atoms with Crippen LogP contribution in [0.25, 0.3) is 0 Å². The van der Waals surface area contributed by atoms with Gasteiger partial charge in [0.15, 0.2) is 0 Å². The van der Waals surface area contributed by atoms with Gasteiger partial charge in [-0.1, -0.05) is 35.9 Å². The van der Waals surface area contributed by atoms with E-state index in [4.69, 9.17) is 16.9 Å². The van der Waals surface area contributed by atoms with Gasteiger partial charge in [0.05, 0.1) is 15.8 Å². The molecule has 0 aromatic heterocycles. The number of benzene rings is 2. The first-order valence-corrected chi connectivity index (χ1v) is 8.60. The number of carbonyl (C=O) groups is 1. The molecule has 2 aromatic rings. The third-order valence-corrected chi connectivity index (χ3v) is 4.98. The van der Waals surface area contributed by atoms with Crippen molar-refractivity contribution in [2.24, 2.45) is 0 Å². The minimum atomic E-state index is -0.191. The van der Waals surface area contributed by atoms with Crippen LogP contribution in [0, 0.1) is 18.3 Å². The zero-order valence-electron chi connectivity index (χ0n) is 13.0. The number of amides is 1. The number of thioether (sulfide) groups is 1. The zero-order valence-corrected chi connectivity index (χ0v) is 14.5. The normalized spacial score (nSPS) is 11.6. The van der Waals surface area contributed by atoms with Crippen LogP contribution in [-0.2, 0) is 10.5 Å². The van der Waals surface area contributed by atoms with Crippen LogP contribution in [-0.4, -0.2) is 11.2 Å². The molecule has 0 aliphatic carbocycles. The van der Waals surface area contributed by atoms with Gasteiger partial charge in [0.2, 0.25) is 5.91 Å². The molecule has 0 saturated carbocycles. The summed E-state index contributed by atoms with van der Waals surface area (Å²) < 4.78 is 0. The Bertz CT molecular complexity index is 755. The summed E-state index contributed by atoms with van der Waals surface area (Å²) in [5.74, 6) is 0.708. The van der Waals surface area contributed by atoms with Crippen LogP contribution in [0.3, 0.4) is 0 Å². The highest BCUT2D eigenvalue weighted by molar-refractivity contribution is 7.99. The summed E-state index contributed by atoms with van der Waals surface area (Å²) in [5.41, 5.74) is 3.46. The van der Waals surface area contributed by atoms with Crippen molar-refractivity contribution in [1.29, 1.82) is 5.26 Å². The van der Waals surface area contributed by atoms with E-state index in [1.54, 1.807) is 30.0 Å². The Balaban J connectivity index is 1.94. The van der Waals surface area contributed by atoms with E-state index in [0.717, 1.165) is 5.75 Å². The Hall–Kier alpha value is -1.96. The van der Waals surface area contributed by atoms with E-state index in [-0.39, 0.29) is 11.2 Å². The summed E-state index contributed by atoms with van der Waals surface area (Å²) in [6.45, 7) is 3.95. The number of anilines is 1. The van der Waals surface area contributed by atoms with Crippen molar-refractivity contribution >= 4 is 35.0 Å². The lowest BCUT2D eigenvalue weighted by Crippen LogP contribution is -2.22. The van der Waals surface area contributed by atoms with Crippen LogP contribution in [0.15, 0.2) is 42.5 Å². The van der Waals surface area contributed by atoms with Gasteiger partial charge in [-0.05, 0) is 43.2 Å². The molecule has 2 rings (SSSR count). The molecule has 5 heteroatoms. The first-order valence-electron chi connectivity index (χ1n) is 7.18. The van der Waals surface area contributed by atoms with Crippen LogP contribution in [0.5, 0.6) is 0 Å². The average Bonchev–Trinajstić information content (AvgIpc) is 2.54. The molecule has 1 N–H and O–H groups in total. The summed E-state index contributed by atoms with van der Waals surface area (Å²) in [5, 5.41) is 11.8. The third kappa shape index (κ3) is 4.75. The standard InChI is InChI=1S/C18H17ClN2OS/c1-12-5-3-4-6-15(12)11-23-13(2)18(22)21-16-8-7-14(10-20)17(19)9-16/h3-9,13H,11H2,1-2H3,(H,21,22)/t13-/m0/s1. The van der Waals surface area contributed by atoms with Gasteiger partial charge in [0.25, 0.3) is 0 Å². The molecule has 1 atom stereocenters. The Labute approximate surface area is 145 Å². The van der Waals surface area contributed by atoms with Crippen LogP contribution >= 0.6 is 23.4 Å². The molecule has 118 valence electrons. The number of hydrogen-bond acceptors (Lipinski definition) is 3. The smallest absolute Gasteiger partial charge is 0.237 e. The van der Waals surface area contributed by atoms with Gasteiger partial charge >= 0.3 is 0 Å². The minimum Gasteiger partial charge on any atom is -0.325 e. The Morgan fingerprint density at radius 2 is 2.09 bits per heavy atom. The van der Waals surface area contributed by atoms with Crippen LogP contribution < -0.4 is 5.32 Å². The first kappa shape index (κ1) is 17.4. The van der Waals surface area contributed by atoms with Crippen molar-refractivity contribution < 1.29 is 4.79 Å². The monoisotopic (exact) mass is 344 g/mol. The summed E-state index contributed by atoms with van der Waals surface area (Å²) in [7, 11) is 0. The summed E-state index contributed by atoms with van der Waals surface area (Å²) in [4.78, 5) is 12.2. The lowest BCUT2D eigenvalue weighted by molar-refractivity contribution is -0.115. The molecule has 0 spiro atoms. The molecule has 0 fully saturated rings.